The molecule has 1 amide bonds. The number of likely N-dealkylation sites (N-methyl/N-ethyl adjacent to an activating group) is 1. The predicted octanol–water partition coefficient (Wildman–Crippen LogP) is 2.62. The summed E-state index contributed by atoms with van der Waals surface area (Å²) in [6.07, 6.45) is 0. The van der Waals surface area contributed by atoms with E-state index in [-0.39, 0.29) is 23.2 Å². The van der Waals surface area contributed by atoms with Crippen LogP contribution in [0, 0.1) is 17.0 Å². The number of nitrogens with one attached hydrogen (secondary N) is 1. The summed E-state index contributed by atoms with van der Waals surface area (Å²) in [5.41, 5.74) is 0.785. The summed E-state index contributed by atoms with van der Waals surface area (Å²) in [6.45, 7) is 2.34. The number of nitrogens with zero attached hydrogens (tertiary/aromatic N) is 3. The second-order valence-corrected chi connectivity index (χ2v) is 5.48. The number of carbonyl (C=O) groups is 1. The van der Waals surface area contributed by atoms with Crippen molar-refractivity contribution >= 4 is 28.9 Å². The summed E-state index contributed by atoms with van der Waals surface area (Å²) in [5.74, 6) is 0.399. The van der Waals surface area contributed by atoms with Crippen LogP contribution < -0.4 is 5.32 Å². The number of rotatable bonds is 6. The molecular formula is C14H15ClN4O4. The van der Waals surface area contributed by atoms with Crippen LogP contribution in [0.25, 0.3) is 0 Å². The van der Waals surface area contributed by atoms with Gasteiger partial charge in [-0.15, -0.1) is 0 Å². The predicted molar refractivity (Wildman–Crippen MR) is 84.3 cm³/mol. The first kappa shape index (κ1) is 16.9. The number of anilines is 1. The number of nitro benzene ring substituents is 1. The molecule has 8 nitrogen and oxygen atoms in total. The van der Waals surface area contributed by atoms with Gasteiger partial charge in [0.2, 0.25) is 5.91 Å². The highest BCUT2D eigenvalue weighted by Gasteiger charge is 2.15. The van der Waals surface area contributed by atoms with Gasteiger partial charge in [0, 0.05) is 24.4 Å². The van der Waals surface area contributed by atoms with Crippen LogP contribution >= 0.6 is 11.6 Å². The molecule has 0 saturated heterocycles. The lowest BCUT2D eigenvalue weighted by Crippen LogP contribution is -2.29. The Balaban J connectivity index is 1.94. The van der Waals surface area contributed by atoms with Gasteiger partial charge in [0.25, 0.3) is 5.69 Å². The molecule has 2 aromatic rings. The number of aryl methyl sites for hydroxylation is 1. The third-order valence-electron chi connectivity index (χ3n) is 2.95. The molecule has 2 rings (SSSR count). The number of aromatic nitrogens is 1. The number of hydrogen-bond donors (Lipinski definition) is 1. The number of amides is 1. The molecule has 1 aromatic heterocycles. The van der Waals surface area contributed by atoms with E-state index in [1.807, 2.05) is 0 Å². The standard InChI is InChI=1S/C14H15ClN4O4/c1-9-5-11(17-23-9)7-18(2)8-14(20)16-10-3-4-12(15)13(6-10)19(21)22/h3-6H,7-8H2,1-2H3,(H,16,20). The van der Waals surface area contributed by atoms with Crippen LogP contribution in [-0.4, -0.2) is 34.5 Å². The van der Waals surface area contributed by atoms with Crippen molar-refractivity contribution in [3.05, 3.63) is 50.9 Å². The minimum Gasteiger partial charge on any atom is -0.361 e. The van der Waals surface area contributed by atoms with Crippen molar-refractivity contribution in [1.29, 1.82) is 0 Å². The largest absolute Gasteiger partial charge is 0.361 e. The molecule has 0 fully saturated rings. The third-order valence-corrected chi connectivity index (χ3v) is 3.27. The van der Waals surface area contributed by atoms with Crippen LogP contribution in [-0.2, 0) is 11.3 Å². The van der Waals surface area contributed by atoms with Crippen molar-refractivity contribution in [3.8, 4) is 0 Å². The number of halogens is 1. The highest BCUT2D eigenvalue weighted by molar-refractivity contribution is 6.32. The van der Waals surface area contributed by atoms with Gasteiger partial charge in [-0.05, 0) is 26.1 Å². The van der Waals surface area contributed by atoms with Crippen molar-refractivity contribution < 1.29 is 14.2 Å². The molecule has 23 heavy (non-hydrogen) atoms. The van der Waals surface area contributed by atoms with Gasteiger partial charge in [-0.2, -0.15) is 0 Å². The summed E-state index contributed by atoms with van der Waals surface area (Å²) in [4.78, 5) is 24.0. The first-order valence-electron chi connectivity index (χ1n) is 6.69. The highest BCUT2D eigenvalue weighted by atomic mass is 35.5. The first-order chi connectivity index (χ1) is 10.8. The molecule has 0 unspecified atom stereocenters. The maximum atomic E-state index is 12.0. The number of nitro groups is 1. The van der Waals surface area contributed by atoms with Gasteiger partial charge in [-0.3, -0.25) is 19.8 Å². The van der Waals surface area contributed by atoms with Crippen LogP contribution in [0.2, 0.25) is 5.02 Å². The molecule has 9 heteroatoms. The lowest BCUT2D eigenvalue weighted by atomic mass is 10.2. The van der Waals surface area contributed by atoms with Gasteiger partial charge < -0.3 is 9.84 Å². The molecule has 0 aliphatic heterocycles. The van der Waals surface area contributed by atoms with Crippen molar-refractivity contribution in [2.45, 2.75) is 13.5 Å². The molecule has 0 bridgehead atoms. The molecule has 0 atom stereocenters. The molecular weight excluding hydrogens is 324 g/mol. The smallest absolute Gasteiger partial charge is 0.289 e. The van der Waals surface area contributed by atoms with Crippen molar-refractivity contribution in [2.75, 3.05) is 18.9 Å². The molecule has 0 aliphatic rings. The Morgan fingerprint density at radius 2 is 2.22 bits per heavy atom. The van der Waals surface area contributed by atoms with Gasteiger partial charge >= 0.3 is 0 Å². The number of hydrogen-bond acceptors (Lipinski definition) is 6. The minimum absolute atomic E-state index is 0.0199. The molecule has 122 valence electrons. The van der Waals surface area contributed by atoms with Gasteiger partial charge in [-0.1, -0.05) is 16.8 Å². The van der Waals surface area contributed by atoms with Gasteiger partial charge in [0.15, 0.2) is 0 Å². The van der Waals surface area contributed by atoms with Crippen molar-refractivity contribution in [1.82, 2.24) is 10.1 Å². The average molecular weight is 339 g/mol. The summed E-state index contributed by atoms with van der Waals surface area (Å²) in [5, 5.41) is 17.3. The SMILES string of the molecule is Cc1cc(CN(C)CC(=O)Nc2ccc(Cl)c([N+](=O)[O-])c2)no1. The van der Waals surface area contributed by atoms with Crippen LogP contribution in [0.1, 0.15) is 11.5 Å². The highest BCUT2D eigenvalue weighted by Crippen LogP contribution is 2.27. The fourth-order valence-electron chi connectivity index (χ4n) is 2.00. The minimum atomic E-state index is -0.600. The number of carbonyl (C=O) groups excluding carboxylic acids is 1. The summed E-state index contributed by atoms with van der Waals surface area (Å²) < 4.78 is 4.96. The molecule has 1 N–H and O–H groups in total. The molecule has 1 heterocycles. The van der Waals surface area contributed by atoms with E-state index in [0.717, 1.165) is 5.69 Å². The molecule has 0 saturated carbocycles. The maximum absolute atomic E-state index is 12.0. The Bertz CT molecular complexity index is 731. The van der Waals surface area contributed by atoms with Crippen LogP contribution in [0.4, 0.5) is 11.4 Å². The van der Waals surface area contributed by atoms with Crippen LogP contribution in [0.15, 0.2) is 28.8 Å². The maximum Gasteiger partial charge on any atom is 0.289 e. The van der Waals surface area contributed by atoms with Crippen molar-refractivity contribution in [2.24, 2.45) is 0 Å². The van der Waals surface area contributed by atoms with Crippen LogP contribution in [0.3, 0.4) is 0 Å². The van der Waals surface area contributed by atoms with E-state index in [1.54, 1.807) is 24.9 Å². The Hall–Kier alpha value is -2.45. The van der Waals surface area contributed by atoms with Crippen LogP contribution in [0.5, 0.6) is 0 Å². The lowest BCUT2D eigenvalue weighted by Gasteiger charge is -2.14. The van der Waals surface area contributed by atoms with E-state index in [9.17, 15) is 14.9 Å². The molecule has 0 spiro atoms. The molecule has 0 aliphatic carbocycles. The molecule has 1 aromatic carbocycles. The zero-order valence-electron chi connectivity index (χ0n) is 12.6. The van der Waals surface area contributed by atoms with E-state index in [0.29, 0.717) is 18.0 Å². The topological polar surface area (TPSA) is 102 Å². The average Bonchev–Trinajstić information content (AvgIpc) is 2.85. The van der Waals surface area contributed by atoms with E-state index in [1.165, 1.54) is 18.2 Å². The van der Waals surface area contributed by atoms with Crippen molar-refractivity contribution in [3.63, 3.8) is 0 Å². The van der Waals surface area contributed by atoms with E-state index >= 15 is 0 Å². The van der Waals surface area contributed by atoms with Gasteiger partial charge in [0.1, 0.15) is 10.8 Å². The fraction of sp³-hybridized carbons (Fsp3) is 0.286. The monoisotopic (exact) mass is 338 g/mol. The Morgan fingerprint density at radius 3 is 2.83 bits per heavy atom. The Kier molecular flexibility index (Phi) is 5.30. The Morgan fingerprint density at radius 1 is 1.48 bits per heavy atom. The third kappa shape index (κ3) is 4.76. The van der Waals surface area contributed by atoms with E-state index < -0.39 is 4.92 Å². The second-order valence-electron chi connectivity index (χ2n) is 5.07. The number of benzene rings is 1. The zero-order chi connectivity index (χ0) is 17.0. The van der Waals surface area contributed by atoms with E-state index in [4.69, 9.17) is 16.1 Å². The quantitative estimate of drug-likeness (QED) is 0.641. The Labute approximate surface area is 137 Å². The summed E-state index contributed by atoms with van der Waals surface area (Å²) in [6, 6.07) is 5.89. The van der Waals surface area contributed by atoms with E-state index in [2.05, 4.69) is 10.5 Å². The zero-order valence-corrected chi connectivity index (χ0v) is 13.3. The summed E-state index contributed by atoms with van der Waals surface area (Å²) in [7, 11) is 1.76. The lowest BCUT2D eigenvalue weighted by molar-refractivity contribution is -0.384. The second kappa shape index (κ2) is 7.21. The van der Waals surface area contributed by atoms with Gasteiger partial charge in [0.05, 0.1) is 17.2 Å². The first-order valence-corrected chi connectivity index (χ1v) is 7.07. The van der Waals surface area contributed by atoms with Gasteiger partial charge in [-0.25, -0.2) is 0 Å². The fourth-order valence-corrected chi connectivity index (χ4v) is 2.19. The normalized spacial score (nSPS) is 10.8. The molecule has 0 radical (unpaired) electrons. The summed E-state index contributed by atoms with van der Waals surface area (Å²) >= 11 is 5.73.